The van der Waals surface area contributed by atoms with Crippen molar-refractivity contribution in [1.82, 2.24) is 4.98 Å². The predicted molar refractivity (Wildman–Crippen MR) is 76.7 cm³/mol. The first-order valence-electron chi connectivity index (χ1n) is 6.06. The monoisotopic (exact) mass is 282 g/mol. The Hall–Kier alpha value is -0.840. The third-order valence-corrected chi connectivity index (χ3v) is 4.84. The van der Waals surface area contributed by atoms with Crippen LogP contribution >= 0.6 is 22.9 Å². The van der Waals surface area contributed by atoms with E-state index in [1.54, 1.807) is 18.4 Å². The van der Waals surface area contributed by atoms with Crippen molar-refractivity contribution in [3.8, 4) is 0 Å². The van der Waals surface area contributed by atoms with Crippen LogP contribution in [0.15, 0.2) is 18.2 Å². The van der Waals surface area contributed by atoms with Crippen LogP contribution in [0.5, 0.6) is 0 Å². The molecule has 1 N–H and O–H groups in total. The van der Waals surface area contributed by atoms with Gasteiger partial charge < -0.3 is 10.1 Å². The van der Waals surface area contributed by atoms with Crippen LogP contribution in [-0.2, 0) is 4.74 Å². The molecule has 0 atom stereocenters. The smallest absolute Gasteiger partial charge is 0.183 e. The Morgan fingerprint density at radius 1 is 1.50 bits per heavy atom. The summed E-state index contributed by atoms with van der Waals surface area (Å²) in [7, 11) is 1.79. The molecule has 3 rings (SSSR count). The van der Waals surface area contributed by atoms with E-state index in [1.165, 1.54) is 6.42 Å². The van der Waals surface area contributed by atoms with Crippen molar-refractivity contribution in [2.75, 3.05) is 19.0 Å². The van der Waals surface area contributed by atoms with Gasteiger partial charge in [-0.2, -0.15) is 0 Å². The number of rotatable bonds is 4. The van der Waals surface area contributed by atoms with Gasteiger partial charge >= 0.3 is 0 Å². The molecule has 0 unspecified atom stereocenters. The van der Waals surface area contributed by atoms with Crippen LogP contribution in [0.3, 0.4) is 0 Å². The number of aromatic nitrogens is 1. The lowest BCUT2D eigenvalue weighted by molar-refractivity contribution is -0.0601. The summed E-state index contributed by atoms with van der Waals surface area (Å²) in [5.74, 6) is 0. The van der Waals surface area contributed by atoms with Gasteiger partial charge in [-0.3, -0.25) is 0 Å². The number of thiazole rings is 1. The van der Waals surface area contributed by atoms with E-state index in [0.29, 0.717) is 0 Å². The van der Waals surface area contributed by atoms with Crippen LogP contribution < -0.4 is 5.32 Å². The highest BCUT2D eigenvalue weighted by Crippen LogP contribution is 2.36. The van der Waals surface area contributed by atoms with Crippen molar-refractivity contribution in [2.45, 2.75) is 24.9 Å². The Bertz CT molecular complexity index is 560. The molecule has 1 heterocycles. The van der Waals surface area contributed by atoms with E-state index in [1.807, 2.05) is 18.2 Å². The average Bonchev–Trinajstić information content (AvgIpc) is 2.70. The molecule has 2 aromatic rings. The minimum atomic E-state index is 0.0233. The van der Waals surface area contributed by atoms with E-state index >= 15 is 0 Å². The lowest BCUT2D eigenvalue weighted by Crippen LogP contribution is -2.45. The minimum absolute atomic E-state index is 0.0233. The van der Waals surface area contributed by atoms with Crippen LogP contribution in [0.25, 0.3) is 10.2 Å². The molecule has 0 aliphatic heterocycles. The van der Waals surface area contributed by atoms with Gasteiger partial charge in [-0.05, 0) is 37.5 Å². The highest BCUT2D eigenvalue weighted by atomic mass is 35.5. The van der Waals surface area contributed by atoms with E-state index in [2.05, 4.69) is 10.3 Å². The third-order valence-electron chi connectivity index (χ3n) is 3.61. The lowest BCUT2D eigenvalue weighted by atomic mass is 9.80. The largest absolute Gasteiger partial charge is 0.376 e. The van der Waals surface area contributed by atoms with Crippen molar-refractivity contribution in [3.05, 3.63) is 23.2 Å². The molecule has 0 spiro atoms. The molecule has 1 saturated carbocycles. The molecule has 1 aliphatic carbocycles. The topological polar surface area (TPSA) is 34.1 Å². The van der Waals surface area contributed by atoms with Crippen LogP contribution in [-0.4, -0.2) is 24.2 Å². The first-order chi connectivity index (χ1) is 8.71. The number of ether oxygens (including phenoxy) is 1. The number of nitrogens with one attached hydrogen (secondary N) is 1. The number of hydrogen-bond acceptors (Lipinski definition) is 4. The van der Waals surface area contributed by atoms with Crippen molar-refractivity contribution in [1.29, 1.82) is 0 Å². The molecule has 0 saturated heterocycles. The van der Waals surface area contributed by atoms with Gasteiger partial charge in [0, 0.05) is 18.7 Å². The molecule has 1 aromatic heterocycles. The lowest BCUT2D eigenvalue weighted by Gasteiger charge is -2.40. The molecule has 0 radical (unpaired) electrons. The fourth-order valence-electron chi connectivity index (χ4n) is 2.24. The van der Waals surface area contributed by atoms with E-state index in [9.17, 15) is 0 Å². The van der Waals surface area contributed by atoms with Gasteiger partial charge in [0.25, 0.3) is 0 Å². The number of anilines is 1. The number of halogens is 1. The van der Waals surface area contributed by atoms with Gasteiger partial charge in [-0.15, -0.1) is 0 Å². The molecule has 3 nitrogen and oxygen atoms in total. The van der Waals surface area contributed by atoms with Crippen LogP contribution in [0.2, 0.25) is 5.02 Å². The summed E-state index contributed by atoms with van der Waals surface area (Å²) in [4.78, 5) is 4.54. The highest BCUT2D eigenvalue weighted by Gasteiger charge is 2.36. The van der Waals surface area contributed by atoms with Gasteiger partial charge in [0.15, 0.2) is 5.13 Å². The molecule has 1 aromatic carbocycles. The van der Waals surface area contributed by atoms with Crippen LogP contribution in [0, 0.1) is 0 Å². The van der Waals surface area contributed by atoms with Crippen molar-refractivity contribution < 1.29 is 4.74 Å². The summed E-state index contributed by atoms with van der Waals surface area (Å²) >= 11 is 7.61. The summed E-state index contributed by atoms with van der Waals surface area (Å²) in [5, 5.41) is 5.06. The van der Waals surface area contributed by atoms with Gasteiger partial charge in [0.2, 0.25) is 0 Å². The standard InChI is InChI=1S/C13H15ClN2OS/c1-17-13(5-2-6-13)8-15-12-16-10-7-9(14)3-4-11(10)18-12/h3-4,7H,2,5-6,8H2,1H3,(H,15,16). The fourth-order valence-corrected chi connectivity index (χ4v) is 3.25. The number of hydrogen-bond donors (Lipinski definition) is 1. The molecule has 1 aliphatic rings. The Morgan fingerprint density at radius 3 is 3.00 bits per heavy atom. The predicted octanol–water partition coefficient (Wildman–Crippen LogP) is 3.93. The van der Waals surface area contributed by atoms with E-state index in [-0.39, 0.29) is 5.60 Å². The van der Waals surface area contributed by atoms with Crippen LogP contribution in [0.4, 0.5) is 5.13 Å². The van der Waals surface area contributed by atoms with Gasteiger partial charge in [-0.1, -0.05) is 22.9 Å². The first-order valence-corrected chi connectivity index (χ1v) is 7.25. The highest BCUT2D eigenvalue weighted by molar-refractivity contribution is 7.22. The van der Waals surface area contributed by atoms with E-state index < -0.39 is 0 Å². The summed E-state index contributed by atoms with van der Waals surface area (Å²) in [6.07, 6.45) is 3.52. The quantitative estimate of drug-likeness (QED) is 0.922. The third kappa shape index (κ3) is 2.20. The van der Waals surface area contributed by atoms with Crippen molar-refractivity contribution in [2.24, 2.45) is 0 Å². The maximum absolute atomic E-state index is 5.96. The summed E-state index contributed by atoms with van der Waals surface area (Å²) in [6.45, 7) is 0.830. The molecular weight excluding hydrogens is 268 g/mol. The summed E-state index contributed by atoms with van der Waals surface area (Å²) < 4.78 is 6.74. The average molecular weight is 283 g/mol. The second-order valence-electron chi connectivity index (χ2n) is 4.73. The molecule has 96 valence electrons. The van der Waals surface area contributed by atoms with Crippen molar-refractivity contribution >= 4 is 38.3 Å². The second kappa shape index (κ2) is 4.68. The number of benzene rings is 1. The van der Waals surface area contributed by atoms with Gasteiger partial charge in [0.1, 0.15) is 0 Å². The summed E-state index contributed by atoms with van der Waals surface area (Å²) in [5.41, 5.74) is 0.977. The molecule has 5 heteroatoms. The first kappa shape index (κ1) is 12.2. The Kier molecular flexibility index (Phi) is 3.18. The molecule has 18 heavy (non-hydrogen) atoms. The maximum Gasteiger partial charge on any atom is 0.183 e. The second-order valence-corrected chi connectivity index (χ2v) is 6.19. The molecular formula is C13H15ClN2OS. The summed E-state index contributed by atoms with van der Waals surface area (Å²) in [6, 6.07) is 5.80. The zero-order valence-electron chi connectivity index (χ0n) is 10.2. The SMILES string of the molecule is COC1(CNc2nc3cc(Cl)ccc3s2)CCC1. The Labute approximate surface area is 115 Å². The fraction of sp³-hybridized carbons (Fsp3) is 0.462. The number of methoxy groups -OCH3 is 1. The number of fused-ring (bicyclic) bond motifs is 1. The van der Waals surface area contributed by atoms with Crippen molar-refractivity contribution in [3.63, 3.8) is 0 Å². The molecule has 0 bridgehead atoms. The number of nitrogens with zero attached hydrogens (tertiary/aromatic N) is 1. The minimum Gasteiger partial charge on any atom is -0.376 e. The van der Waals surface area contributed by atoms with Crippen LogP contribution in [0.1, 0.15) is 19.3 Å². The zero-order valence-corrected chi connectivity index (χ0v) is 11.8. The Balaban J connectivity index is 1.74. The normalized spacial score (nSPS) is 17.7. The van der Waals surface area contributed by atoms with Gasteiger partial charge in [0.05, 0.1) is 15.8 Å². The molecule has 0 amide bonds. The Morgan fingerprint density at radius 2 is 2.33 bits per heavy atom. The van der Waals surface area contributed by atoms with E-state index in [0.717, 1.165) is 39.8 Å². The maximum atomic E-state index is 5.96. The zero-order chi connectivity index (χ0) is 12.6. The van der Waals surface area contributed by atoms with Gasteiger partial charge in [-0.25, -0.2) is 4.98 Å². The van der Waals surface area contributed by atoms with E-state index in [4.69, 9.17) is 16.3 Å². The molecule has 1 fully saturated rings.